The number of alkyl carbamates (subject to hydrolysis) is 1. The second-order valence-corrected chi connectivity index (χ2v) is 13.3. The quantitative estimate of drug-likeness (QED) is 0.327. The van der Waals surface area contributed by atoms with E-state index in [0.29, 0.717) is 26.1 Å². The number of hydrogen-bond acceptors (Lipinski definition) is 7. The molecule has 0 aromatic heterocycles. The Bertz CT molecular complexity index is 1130. The van der Waals surface area contributed by atoms with Gasteiger partial charge in [0.25, 0.3) is 0 Å². The maximum Gasteiger partial charge on any atom is 0.408 e. The average Bonchev–Trinajstić information content (AvgIpc) is 3.88. The summed E-state index contributed by atoms with van der Waals surface area (Å²) in [7, 11) is 1.67. The smallest absolute Gasteiger partial charge is 0.408 e. The van der Waals surface area contributed by atoms with E-state index in [0.717, 1.165) is 32.5 Å². The van der Waals surface area contributed by atoms with Crippen molar-refractivity contribution in [3.63, 3.8) is 0 Å². The van der Waals surface area contributed by atoms with Crippen LogP contribution in [0.4, 0.5) is 4.79 Å². The summed E-state index contributed by atoms with van der Waals surface area (Å²) < 4.78 is 24.4. The van der Waals surface area contributed by atoms with Gasteiger partial charge in [-0.15, -0.1) is 0 Å². The molecular formula is C33H49N3O6. The van der Waals surface area contributed by atoms with Crippen LogP contribution in [0, 0.1) is 11.8 Å². The SMILES string of the molecule is COC1C(OC(=O)NC(C(=O)N2CCN(Cc3ccccc3)CC2)C(C)C)CCC2(CO2)C1C1(C)OC1CC=C(C)C. The predicted molar refractivity (Wildman–Crippen MR) is 160 cm³/mol. The van der Waals surface area contributed by atoms with E-state index in [1.54, 1.807) is 7.11 Å². The molecule has 4 aliphatic rings. The highest BCUT2D eigenvalue weighted by atomic mass is 16.6. The van der Waals surface area contributed by atoms with Crippen LogP contribution in [0.25, 0.3) is 0 Å². The zero-order chi connectivity index (χ0) is 30.1. The lowest BCUT2D eigenvalue weighted by atomic mass is 9.68. The molecule has 1 aromatic rings. The average molecular weight is 584 g/mol. The third-order valence-electron chi connectivity index (χ3n) is 9.63. The van der Waals surface area contributed by atoms with E-state index >= 15 is 0 Å². The number of benzene rings is 1. The van der Waals surface area contributed by atoms with Crippen LogP contribution in [0.1, 0.15) is 59.4 Å². The number of epoxide rings is 2. The molecule has 2 amide bonds. The van der Waals surface area contributed by atoms with E-state index in [-0.39, 0.29) is 35.6 Å². The number of rotatable bonds is 10. The van der Waals surface area contributed by atoms with Crippen LogP contribution < -0.4 is 5.32 Å². The van der Waals surface area contributed by atoms with Gasteiger partial charge in [-0.25, -0.2) is 4.79 Å². The fourth-order valence-corrected chi connectivity index (χ4v) is 7.05. The maximum absolute atomic E-state index is 13.6. The van der Waals surface area contributed by atoms with Crippen LogP contribution in [0.5, 0.6) is 0 Å². The Kier molecular flexibility index (Phi) is 9.33. The first-order valence-electron chi connectivity index (χ1n) is 15.6. The standard InChI is InChI=1S/C33H49N3O6/c1-22(2)12-13-26-32(5,42-26)29-28(39-6)25(14-15-33(29)21-40-33)41-31(38)34-27(23(3)4)30(37)36-18-16-35(17-19-36)20-24-10-8-7-9-11-24/h7-12,23,25-29H,13-21H2,1-6H3,(H,34,38). The second-order valence-electron chi connectivity index (χ2n) is 13.3. The van der Waals surface area contributed by atoms with E-state index in [1.807, 2.05) is 24.8 Å². The van der Waals surface area contributed by atoms with Crippen molar-refractivity contribution >= 4 is 12.0 Å². The van der Waals surface area contributed by atoms with Crippen LogP contribution in [0.15, 0.2) is 42.0 Å². The summed E-state index contributed by atoms with van der Waals surface area (Å²) in [4.78, 5) is 31.1. The highest BCUT2D eigenvalue weighted by molar-refractivity contribution is 5.86. The summed E-state index contributed by atoms with van der Waals surface area (Å²) in [5.74, 6) is -0.188. The minimum atomic E-state index is -0.658. The number of ether oxygens (including phenoxy) is 4. The summed E-state index contributed by atoms with van der Waals surface area (Å²) in [6.07, 6.45) is 3.15. The largest absolute Gasteiger partial charge is 0.443 e. The van der Waals surface area contributed by atoms with E-state index < -0.39 is 23.8 Å². The maximum atomic E-state index is 13.6. The summed E-state index contributed by atoms with van der Waals surface area (Å²) in [5.41, 5.74) is 1.84. The molecule has 42 heavy (non-hydrogen) atoms. The normalized spacial score (nSPS) is 33.3. The van der Waals surface area contributed by atoms with Gasteiger partial charge in [0.2, 0.25) is 5.91 Å². The van der Waals surface area contributed by atoms with Crippen molar-refractivity contribution in [2.24, 2.45) is 11.8 Å². The minimum absolute atomic E-state index is 0.0492. The summed E-state index contributed by atoms with van der Waals surface area (Å²) >= 11 is 0. The van der Waals surface area contributed by atoms with Gasteiger partial charge in [0.05, 0.1) is 18.6 Å². The summed E-state index contributed by atoms with van der Waals surface area (Å²) in [6.45, 7) is 14.6. The van der Waals surface area contributed by atoms with Crippen molar-refractivity contribution in [3.05, 3.63) is 47.5 Å². The number of carbonyl (C=O) groups is 2. The first-order valence-corrected chi connectivity index (χ1v) is 15.6. The molecule has 3 heterocycles. The number of allylic oxidation sites excluding steroid dienone is 1. The molecule has 1 saturated carbocycles. The summed E-state index contributed by atoms with van der Waals surface area (Å²) in [5, 5.41) is 2.91. The Labute approximate surface area is 250 Å². The Balaban J connectivity index is 1.18. The Morgan fingerprint density at radius 3 is 2.43 bits per heavy atom. The number of methoxy groups -OCH3 is 1. The monoisotopic (exact) mass is 583 g/mol. The number of piperazine rings is 1. The van der Waals surface area contributed by atoms with Crippen molar-refractivity contribution < 1.29 is 28.5 Å². The van der Waals surface area contributed by atoms with Crippen molar-refractivity contribution in [2.45, 2.75) is 96.0 Å². The highest BCUT2D eigenvalue weighted by Crippen LogP contribution is 2.59. The van der Waals surface area contributed by atoms with Gasteiger partial charge in [0, 0.05) is 39.8 Å². The lowest BCUT2D eigenvalue weighted by Gasteiger charge is -2.42. The molecule has 1 aromatic carbocycles. The van der Waals surface area contributed by atoms with E-state index in [9.17, 15) is 9.59 Å². The lowest BCUT2D eigenvalue weighted by Crippen LogP contribution is -2.58. The van der Waals surface area contributed by atoms with E-state index in [2.05, 4.69) is 61.3 Å². The van der Waals surface area contributed by atoms with Gasteiger partial charge in [-0.05, 0) is 51.5 Å². The van der Waals surface area contributed by atoms with Gasteiger partial charge in [-0.3, -0.25) is 9.69 Å². The molecule has 0 bridgehead atoms. The van der Waals surface area contributed by atoms with E-state index in [1.165, 1.54) is 11.1 Å². The van der Waals surface area contributed by atoms with Gasteiger partial charge in [0.15, 0.2) is 0 Å². The van der Waals surface area contributed by atoms with Crippen molar-refractivity contribution in [1.82, 2.24) is 15.1 Å². The molecule has 5 rings (SSSR count). The number of nitrogens with zero attached hydrogens (tertiary/aromatic N) is 2. The summed E-state index contributed by atoms with van der Waals surface area (Å²) in [6, 6.07) is 9.72. The van der Waals surface area contributed by atoms with Crippen LogP contribution >= 0.6 is 0 Å². The Hall–Kier alpha value is -2.46. The third kappa shape index (κ3) is 6.69. The van der Waals surface area contributed by atoms with Crippen LogP contribution in [-0.4, -0.2) is 97.3 Å². The molecule has 7 atom stereocenters. The zero-order valence-corrected chi connectivity index (χ0v) is 26.1. The number of carbonyl (C=O) groups excluding carboxylic acids is 2. The minimum Gasteiger partial charge on any atom is -0.443 e. The zero-order valence-electron chi connectivity index (χ0n) is 26.1. The number of nitrogens with one attached hydrogen (secondary N) is 1. The van der Waals surface area contributed by atoms with Crippen LogP contribution in [-0.2, 0) is 30.3 Å². The molecule has 1 aliphatic carbocycles. The molecule has 0 radical (unpaired) electrons. The molecule has 9 heteroatoms. The molecule has 9 nitrogen and oxygen atoms in total. The first-order chi connectivity index (χ1) is 20.1. The Morgan fingerprint density at radius 1 is 1.14 bits per heavy atom. The highest BCUT2D eigenvalue weighted by Gasteiger charge is 2.72. The van der Waals surface area contributed by atoms with Crippen molar-refractivity contribution in [3.8, 4) is 0 Å². The van der Waals surface area contributed by atoms with Crippen molar-refractivity contribution in [1.29, 1.82) is 0 Å². The molecule has 1 spiro atoms. The molecule has 1 N–H and O–H groups in total. The number of hydrogen-bond donors (Lipinski definition) is 1. The fourth-order valence-electron chi connectivity index (χ4n) is 7.05. The Morgan fingerprint density at radius 2 is 1.83 bits per heavy atom. The topological polar surface area (TPSA) is 96.2 Å². The van der Waals surface area contributed by atoms with Gasteiger partial charge in [-0.1, -0.05) is 55.8 Å². The lowest BCUT2D eigenvalue weighted by molar-refractivity contribution is -0.137. The van der Waals surface area contributed by atoms with E-state index in [4.69, 9.17) is 18.9 Å². The number of amides is 2. The molecule has 4 fully saturated rings. The molecule has 3 aliphatic heterocycles. The van der Waals surface area contributed by atoms with Crippen molar-refractivity contribution in [2.75, 3.05) is 39.9 Å². The van der Waals surface area contributed by atoms with Gasteiger partial charge < -0.3 is 29.2 Å². The molecule has 232 valence electrons. The van der Waals surface area contributed by atoms with Gasteiger partial charge in [0.1, 0.15) is 29.5 Å². The van der Waals surface area contributed by atoms with Crippen LogP contribution in [0.2, 0.25) is 0 Å². The third-order valence-corrected chi connectivity index (χ3v) is 9.63. The van der Waals surface area contributed by atoms with Crippen LogP contribution in [0.3, 0.4) is 0 Å². The molecular weight excluding hydrogens is 534 g/mol. The van der Waals surface area contributed by atoms with Gasteiger partial charge >= 0.3 is 6.09 Å². The second kappa shape index (κ2) is 12.6. The predicted octanol–water partition coefficient (Wildman–Crippen LogP) is 4.16. The molecule has 7 unspecified atom stereocenters. The first kappa shape index (κ1) is 31.0. The fraction of sp³-hybridized carbons (Fsp3) is 0.697. The van der Waals surface area contributed by atoms with Gasteiger partial charge in [-0.2, -0.15) is 0 Å². The molecule has 3 saturated heterocycles.